The van der Waals surface area contributed by atoms with Crippen molar-refractivity contribution in [3.8, 4) is 0 Å². The fraction of sp³-hybridized carbons (Fsp3) is 0.333. The summed E-state index contributed by atoms with van der Waals surface area (Å²) in [6.07, 6.45) is 0. The fourth-order valence-corrected chi connectivity index (χ4v) is 3.41. The van der Waals surface area contributed by atoms with Crippen LogP contribution in [0.25, 0.3) is 0 Å². The lowest BCUT2D eigenvalue weighted by Gasteiger charge is -2.34. The highest BCUT2D eigenvalue weighted by atomic mass is 32.1. The predicted octanol–water partition coefficient (Wildman–Crippen LogP) is 3.54. The second kappa shape index (κ2) is 5.22. The van der Waals surface area contributed by atoms with Crippen molar-refractivity contribution >= 4 is 11.3 Å². The Kier molecular flexibility index (Phi) is 3.85. The third-order valence-corrected chi connectivity index (χ3v) is 4.52. The van der Waals surface area contributed by atoms with Gasteiger partial charge in [0.15, 0.2) is 0 Å². The molecule has 1 aromatic heterocycles. The predicted molar refractivity (Wildman–Crippen MR) is 78.6 cm³/mol. The lowest BCUT2D eigenvalue weighted by Crippen LogP contribution is -2.40. The van der Waals surface area contributed by atoms with E-state index in [1.807, 2.05) is 6.07 Å². The normalized spacial score (nSPS) is 13.6. The van der Waals surface area contributed by atoms with Gasteiger partial charge >= 0.3 is 0 Å². The van der Waals surface area contributed by atoms with E-state index < -0.39 is 0 Å². The fourth-order valence-electron chi connectivity index (χ4n) is 2.29. The molecule has 0 spiro atoms. The number of aryl methyl sites for hydroxylation is 1. The first-order chi connectivity index (χ1) is 8.55. The summed E-state index contributed by atoms with van der Waals surface area (Å²) in [6.45, 7) is 6.57. The summed E-state index contributed by atoms with van der Waals surface area (Å²) >= 11 is 1.80. The van der Waals surface area contributed by atoms with Crippen LogP contribution in [0.3, 0.4) is 0 Å². The minimum atomic E-state index is -0.0483. The Morgan fingerprint density at radius 2 is 1.78 bits per heavy atom. The SMILES string of the molecule is Cc1ccc(C(NN)C(C)(C)c2ccccc2)s1. The van der Waals surface area contributed by atoms with Crippen molar-refractivity contribution in [1.82, 2.24) is 5.43 Å². The maximum absolute atomic E-state index is 5.79. The largest absolute Gasteiger partial charge is 0.271 e. The molecule has 2 nitrogen and oxygen atoms in total. The molecule has 0 radical (unpaired) electrons. The topological polar surface area (TPSA) is 38.0 Å². The van der Waals surface area contributed by atoms with Crippen molar-refractivity contribution in [1.29, 1.82) is 0 Å². The Bertz CT molecular complexity index is 502. The number of thiophene rings is 1. The van der Waals surface area contributed by atoms with Gasteiger partial charge in [0.25, 0.3) is 0 Å². The quantitative estimate of drug-likeness (QED) is 0.652. The molecule has 0 saturated heterocycles. The van der Waals surface area contributed by atoms with Gasteiger partial charge in [-0.1, -0.05) is 44.2 Å². The standard InChI is InChI=1S/C15H20N2S/c1-11-9-10-13(18-11)14(17-16)15(2,3)12-7-5-4-6-8-12/h4-10,14,17H,16H2,1-3H3. The zero-order chi connectivity index (χ0) is 13.2. The summed E-state index contributed by atoms with van der Waals surface area (Å²) in [7, 11) is 0. The molecule has 3 heteroatoms. The van der Waals surface area contributed by atoms with Crippen LogP contribution in [-0.4, -0.2) is 0 Å². The van der Waals surface area contributed by atoms with Gasteiger partial charge in [-0.15, -0.1) is 11.3 Å². The summed E-state index contributed by atoms with van der Waals surface area (Å²) in [5.41, 5.74) is 4.22. The first-order valence-electron chi connectivity index (χ1n) is 6.13. The molecule has 0 aliphatic rings. The van der Waals surface area contributed by atoms with Crippen molar-refractivity contribution in [2.45, 2.75) is 32.2 Å². The van der Waals surface area contributed by atoms with E-state index in [1.54, 1.807) is 11.3 Å². The van der Waals surface area contributed by atoms with E-state index in [1.165, 1.54) is 15.3 Å². The average Bonchev–Trinajstić information content (AvgIpc) is 2.77. The Labute approximate surface area is 113 Å². The lowest BCUT2D eigenvalue weighted by molar-refractivity contribution is 0.358. The molecular formula is C15H20N2S. The monoisotopic (exact) mass is 260 g/mol. The molecule has 18 heavy (non-hydrogen) atoms. The Morgan fingerprint density at radius 1 is 1.11 bits per heavy atom. The maximum atomic E-state index is 5.79. The highest BCUT2D eigenvalue weighted by molar-refractivity contribution is 7.12. The van der Waals surface area contributed by atoms with Gasteiger partial charge in [0.1, 0.15) is 0 Å². The molecule has 0 amide bonds. The van der Waals surface area contributed by atoms with Crippen LogP contribution in [0, 0.1) is 6.92 Å². The average molecular weight is 260 g/mol. The van der Waals surface area contributed by atoms with E-state index in [-0.39, 0.29) is 11.5 Å². The minimum absolute atomic E-state index is 0.0483. The third kappa shape index (κ3) is 2.48. The number of rotatable bonds is 4. The molecule has 1 aromatic carbocycles. The zero-order valence-corrected chi connectivity index (χ0v) is 11.9. The molecule has 0 fully saturated rings. The van der Waals surface area contributed by atoms with Crippen molar-refractivity contribution in [3.63, 3.8) is 0 Å². The minimum Gasteiger partial charge on any atom is -0.271 e. The smallest absolute Gasteiger partial charge is 0.0644 e. The Hall–Kier alpha value is -1.16. The van der Waals surface area contributed by atoms with Crippen LogP contribution in [0.15, 0.2) is 42.5 Å². The number of hydrogen-bond donors (Lipinski definition) is 2. The van der Waals surface area contributed by atoms with E-state index >= 15 is 0 Å². The lowest BCUT2D eigenvalue weighted by atomic mass is 9.77. The first-order valence-corrected chi connectivity index (χ1v) is 6.95. The van der Waals surface area contributed by atoms with Gasteiger partial charge in [0, 0.05) is 15.2 Å². The van der Waals surface area contributed by atoms with Crippen LogP contribution in [0.4, 0.5) is 0 Å². The van der Waals surface area contributed by atoms with Gasteiger partial charge in [-0.2, -0.15) is 0 Å². The Balaban J connectivity index is 2.38. The third-order valence-electron chi connectivity index (χ3n) is 3.45. The molecule has 1 heterocycles. The molecule has 0 saturated carbocycles. The van der Waals surface area contributed by atoms with Crippen LogP contribution < -0.4 is 11.3 Å². The van der Waals surface area contributed by atoms with E-state index in [2.05, 4.69) is 62.6 Å². The molecule has 2 rings (SSSR count). The molecule has 1 atom stereocenters. The second-order valence-electron chi connectivity index (χ2n) is 5.14. The number of benzene rings is 1. The summed E-state index contributed by atoms with van der Waals surface area (Å²) in [5, 5.41) is 0. The van der Waals surface area contributed by atoms with Crippen LogP contribution in [0.5, 0.6) is 0 Å². The van der Waals surface area contributed by atoms with Crippen molar-refractivity contribution in [2.24, 2.45) is 5.84 Å². The Morgan fingerprint density at radius 3 is 2.28 bits per heavy atom. The second-order valence-corrected chi connectivity index (χ2v) is 6.46. The number of hydrazine groups is 1. The highest BCUT2D eigenvalue weighted by Gasteiger charge is 2.32. The number of nitrogens with two attached hydrogens (primary N) is 1. The van der Waals surface area contributed by atoms with Crippen LogP contribution in [0.1, 0.15) is 35.2 Å². The molecule has 2 aromatic rings. The van der Waals surface area contributed by atoms with Crippen molar-refractivity contribution in [3.05, 3.63) is 57.8 Å². The van der Waals surface area contributed by atoms with Crippen molar-refractivity contribution < 1.29 is 0 Å². The summed E-state index contributed by atoms with van der Waals surface area (Å²) in [4.78, 5) is 2.60. The van der Waals surface area contributed by atoms with Crippen LogP contribution in [-0.2, 0) is 5.41 Å². The van der Waals surface area contributed by atoms with Gasteiger partial charge in [-0.25, -0.2) is 0 Å². The molecular weight excluding hydrogens is 240 g/mol. The van der Waals surface area contributed by atoms with Gasteiger partial charge < -0.3 is 0 Å². The van der Waals surface area contributed by atoms with Gasteiger partial charge in [-0.3, -0.25) is 11.3 Å². The maximum Gasteiger partial charge on any atom is 0.0644 e. The first kappa shape index (κ1) is 13.3. The summed E-state index contributed by atoms with van der Waals surface area (Å²) in [5.74, 6) is 5.79. The molecule has 96 valence electrons. The number of nitrogens with one attached hydrogen (secondary N) is 1. The molecule has 0 bridgehead atoms. The molecule has 0 aliphatic carbocycles. The molecule has 1 unspecified atom stereocenters. The van der Waals surface area contributed by atoms with E-state index in [4.69, 9.17) is 5.84 Å². The molecule has 0 aliphatic heterocycles. The van der Waals surface area contributed by atoms with Gasteiger partial charge in [0.2, 0.25) is 0 Å². The van der Waals surface area contributed by atoms with E-state index in [0.29, 0.717) is 0 Å². The van der Waals surface area contributed by atoms with Gasteiger partial charge in [0.05, 0.1) is 6.04 Å². The van der Waals surface area contributed by atoms with Crippen molar-refractivity contribution in [2.75, 3.05) is 0 Å². The van der Waals surface area contributed by atoms with E-state index in [9.17, 15) is 0 Å². The van der Waals surface area contributed by atoms with E-state index in [0.717, 1.165) is 0 Å². The molecule has 3 N–H and O–H groups in total. The van der Waals surface area contributed by atoms with Gasteiger partial charge in [-0.05, 0) is 24.6 Å². The highest BCUT2D eigenvalue weighted by Crippen LogP contribution is 2.38. The summed E-state index contributed by atoms with van der Waals surface area (Å²) in [6, 6.07) is 14.9. The van der Waals surface area contributed by atoms with Crippen LogP contribution >= 0.6 is 11.3 Å². The zero-order valence-electron chi connectivity index (χ0n) is 11.1. The number of hydrogen-bond acceptors (Lipinski definition) is 3. The van der Waals surface area contributed by atoms with Crippen LogP contribution in [0.2, 0.25) is 0 Å². The summed E-state index contributed by atoms with van der Waals surface area (Å²) < 4.78 is 0.